The van der Waals surface area contributed by atoms with Crippen molar-refractivity contribution in [2.45, 2.75) is 6.92 Å². The second-order valence-electron chi connectivity index (χ2n) is 6.33. The number of fused-ring (bicyclic) bond motifs is 1. The number of hydrazone groups is 1. The van der Waals surface area contributed by atoms with Gasteiger partial charge in [-0.15, -0.1) is 11.3 Å². The third kappa shape index (κ3) is 4.18. The molecule has 0 spiro atoms. The number of hydrogen-bond acceptors (Lipinski definition) is 7. The highest BCUT2D eigenvalue weighted by molar-refractivity contribution is 7.14. The Morgan fingerprint density at radius 1 is 1.17 bits per heavy atom. The van der Waals surface area contributed by atoms with E-state index in [0.717, 1.165) is 10.9 Å². The van der Waals surface area contributed by atoms with Gasteiger partial charge in [-0.05, 0) is 48.9 Å². The van der Waals surface area contributed by atoms with Crippen molar-refractivity contribution in [1.29, 1.82) is 0 Å². The fourth-order valence-electron chi connectivity index (χ4n) is 2.77. The molecule has 0 fully saturated rings. The highest BCUT2D eigenvalue weighted by Crippen LogP contribution is 2.27. The van der Waals surface area contributed by atoms with Crippen LogP contribution in [-0.2, 0) is 0 Å². The van der Waals surface area contributed by atoms with Gasteiger partial charge in [-0.1, -0.05) is 29.3 Å². The molecule has 9 heteroatoms. The molecule has 2 heterocycles. The number of anilines is 1. The summed E-state index contributed by atoms with van der Waals surface area (Å²) in [6, 6.07) is 12.3. The lowest BCUT2D eigenvalue weighted by Crippen LogP contribution is -2.03. The van der Waals surface area contributed by atoms with Gasteiger partial charge in [-0.25, -0.2) is 9.78 Å². The minimum absolute atomic E-state index is 0.366. The zero-order valence-electron chi connectivity index (χ0n) is 15.9. The fourth-order valence-corrected chi connectivity index (χ4v) is 3.72. The van der Waals surface area contributed by atoms with Gasteiger partial charge in [-0.2, -0.15) is 5.10 Å². The number of aromatic nitrogens is 1. The van der Waals surface area contributed by atoms with Gasteiger partial charge in [0.15, 0.2) is 0 Å². The molecule has 0 aliphatic rings. The smallest absolute Gasteiger partial charge is 0.345 e. The molecule has 0 amide bonds. The van der Waals surface area contributed by atoms with Crippen LogP contribution in [0.15, 0.2) is 62.2 Å². The molecule has 6 nitrogen and oxygen atoms in total. The number of nitrogens with one attached hydrogen (secondary N) is 1. The number of nitrogens with zero attached hydrogens (tertiary/aromatic N) is 2. The van der Waals surface area contributed by atoms with E-state index >= 15 is 0 Å². The third-order valence-electron chi connectivity index (χ3n) is 4.38. The molecule has 2 aromatic carbocycles. The maximum absolute atomic E-state index is 12.4. The number of hydrogen-bond donors (Lipinski definition) is 1. The summed E-state index contributed by atoms with van der Waals surface area (Å²) < 4.78 is 10.6. The number of halogens is 2. The molecule has 0 radical (unpaired) electrons. The second-order valence-corrected chi connectivity index (χ2v) is 8.00. The Balaban J connectivity index is 1.60. The van der Waals surface area contributed by atoms with Crippen molar-refractivity contribution in [3.05, 3.63) is 73.9 Å². The van der Waals surface area contributed by atoms with Gasteiger partial charge in [0, 0.05) is 10.8 Å². The van der Waals surface area contributed by atoms with E-state index in [1.807, 2.05) is 13.0 Å². The van der Waals surface area contributed by atoms with Crippen LogP contribution in [0.25, 0.3) is 22.2 Å². The molecule has 0 aliphatic carbocycles. The average molecular weight is 460 g/mol. The predicted octanol–water partition coefficient (Wildman–Crippen LogP) is 6.07. The van der Waals surface area contributed by atoms with Gasteiger partial charge < -0.3 is 9.15 Å². The predicted molar refractivity (Wildman–Crippen MR) is 122 cm³/mol. The number of ether oxygens (including phenoxy) is 1. The summed E-state index contributed by atoms with van der Waals surface area (Å²) in [5.41, 5.74) is 5.35. The standard InChI is InChI=1S/C21H15Cl2N3O3S/c1-11(12-3-5-16(22)17(23)9-12)25-26-21-24-18(10-30-21)15-8-13-7-14(28-2)4-6-19(13)29-20(15)27/h3-10H,1-2H3,(H,24,26)/b25-11+. The fraction of sp³-hybridized carbons (Fsp3) is 0.0952. The molecular formula is C21H15Cl2N3O3S. The minimum Gasteiger partial charge on any atom is -0.497 e. The van der Waals surface area contributed by atoms with E-state index < -0.39 is 5.63 Å². The summed E-state index contributed by atoms with van der Waals surface area (Å²) in [6.45, 7) is 1.84. The first-order chi connectivity index (χ1) is 14.4. The van der Waals surface area contributed by atoms with Gasteiger partial charge in [0.05, 0.1) is 34.1 Å². The molecule has 30 heavy (non-hydrogen) atoms. The lowest BCUT2D eigenvalue weighted by atomic mass is 10.1. The zero-order chi connectivity index (χ0) is 21.3. The monoisotopic (exact) mass is 459 g/mol. The molecule has 0 atom stereocenters. The van der Waals surface area contributed by atoms with E-state index in [1.54, 1.807) is 48.9 Å². The SMILES string of the molecule is COc1ccc2oc(=O)c(-c3csc(N/N=C(\C)c4ccc(Cl)c(Cl)c4)n3)cc2c1. The normalized spacial score (nSPS) is 11.7. The molecule has 0 unspecified atom stereocenters. The molecule has 0 saturated carbocycles. The Morgan fingerprint density at radius 2 is 2.00 bits per heavy atom. The Morgan fingerprint density at radius 3 is 2.77 bits per heavy atom. The Labute approximate surface area is 185 Å². The summed E-state index contributed by atoms with van der Waals surface area (Å²) in [4.78, 5) is 16.9. The third-order valence-corrected chi connectivity index (χ3v) is 5.86. The zero-order valence-corrected chi connectivity index (χ0v) is 18.2. The van der Waals surface area contributed by atoms with E-state index in [4.69, 9.17) is 32.4 Å². The van der Waals surface area contributed by atoms with E-state index in [2.05, 4.69) is 15.5 Å². The van der Waals surface area contributed by atoms with Gasteiger partial charge in [0.25, 0.3) is 0 Å². The van der Waals surface area contributed by atoms with E-state index in [9.17, 15) is 4.79 Å². The van der Waals surface area contributed by atoms with Crippen molar-refractivity contribution >= 4 is 56.4 Å². The Hall–Kier alpha value is -2.87. The van der Waals surface area contributed by atoms with Crippen LogP contribution >= 0.6 is 34.5 Å². The Bertz CT molecular complexity index is 1330. The molecule has 0 aliphatic heterocycles. The molecule has 1 N–H and O–H groups in total. The van der Waals surface area contributed by atoms with Crippen molar-refractivity contribution in [2.24, 2.45) is 5.10 Å². The molecule has 4 aromatic rings. The van der Waals surface area contributed by atoms with Gasteiger partial charge in [-0.3, -0.25) is 5.43 Å². The van der Waals surface area contributed by atoms with E-state index in [-0.39, 0.29) is 0 Å². The maximum atomic E-state index is 12.4. The summed E-state index contributed by atoms with van der Waals surface area (Å²) >= 11 is 13.3. The second kappa shape index (κ2) is 8.47. The van der Waals surface area contributed by atoms with Crippen LogP contribution in [0.1, 0.15) is 12.5 Å². The maximum Gasteiger partial charge on any atom is 0.345 e. The van der Waals surface area contributed by atoms with Gasteiger partial charge in [0.2, 0.25) is 5.13 Å². The molecule has 0 saturated heterocycles. The van der Waals surface area contributed by atoms with Crippen LogP contribution in [0.5, 0.6) is 5.75 Å². The van der Waals surface area contributed by atoms with Crippen LogP contribution in [-0.4, -0.2) is 17.8 Å². The van der Waals surface area contributed by atoms with Crippen molar-refractivity contribution in [3.8, 4) is 17.0 Å². The van der Waals surface area contributed by atoms with Gasteiger partial charge in [0.1, 0.15) is 11.3 Å². The number of rotatable bonds is 5. The Kier molecular flexibility index (Phi) is 5.76. The van der Waals surface area contributed by atoms with Crippen molar-refractivity contribution in [1.82, 2.24) is 4.98 Å². The van der Waals surface area contributed by atoms with E-state index in [1.165, 1.54) is 11.3 Å². The lowest BCUT2D eigenvalue weighted by molar-refractivity contribution is 0.415. The largest absolute Gasteiger partial charge is 0.497 e. The molecular weight excluding hydrogens is 445 g/mol. The molecule has 4 rings (SSSR count). The summed E-state index contributed by atoms with van der Waals surface area (Å²) in [5, 5.41) is 8.33. The van der Waals surface area contributed by atoms with Crippen molar-refractivity contribution < 1.29 is 9.15 Å². The van der Waals surface area contributed by atoms with Crippen LogP contribution in [0.2, 0.25) is 10.0 Å². The summed E-state index contributed by atoms with van der Waals surface area (Å²) in [7, 11) is 1.58. The van der Waals surface area contributed by atoms with Crippen LogP contribution in [0.3, 0.4) is 0 Å². The van der Waals surface area contributed by atoms with Crippen molar-refractivity contribution in [2.75, 3.05) is 12.5 Å². The lowest BCUT2D eigenvalue weighted by Gasteiger charge is -2.03. The van der Waals surface area contributed by atoms with Crippen LogP contribution < -0.4 is 15.8 Å². The van der Waals surface area contributed by atoms with Gasteiger partial charge >= 0.3 is 5.63 Å². The number of thiazole rings is 1. The molecule has 152 valence electrons. The highest BCUT2D eigenvalue weighted by Gasteiger charge is 2.12. The number of benzene rings is 2. The summed E-state index contributed by atoms with van der Waals surface area (Å²) in [6.07, 6.45) is 0. The number of methoxy groups -OCH3 is 1. The van der Waals surface area contributed by atoms with Crippen LogP contribution in [0.4, 0.5) is 5.13 Å². The van der Waals surface area contributed by atoms with Crippen molar-refractivity contribution in [3.63, 3.8) is 0 Å². The first-order valence-electron chi connectivity index (χ1n) is 8.78. The average Bonchev–Trinajstić information content (AvgIpc) is 3.22. The first-order valence-corrected chi connectivity index (χ1v) is 10.4. The highest BCUT2D eigenvalue weighted by atomic mass is 35.5. The molecule has 2 aromatic heterocycles. The van der Waals surface area contributed by atoms with Crippen LogP contribution in [0, 0.1) is 0 Å². The molecule has 0 bridgehead atoms. The topological polar surface area (TPSA) is 76.7 Å². The first kappa shape index (κ1) is 20.4. The quantitative estimate of drug-likeness (QED) is 0.222. The summed E-state index contributed by atoms with van der Waals surface area (Å²) in [5.74, 6) is 0.676. The minimum atomic E-state index is -0.458. The van der Waals surface area contributed by atoms with E-state index in [0.29, 0.717) is 43.5 Å².